The van der Waals surface area contributed by atoms with Crippen LogP contribution in [0.4, 0.5) is 4.39 Å². The van der Waals surface area contributed by atoms with Crippen LogP contribution in [-0.2, 0) is 23.4 Å². The highest BCUT2D eigenvalue weighted by Crippen LogP contribution is 2.42. The molecule has 0 radical (unpaired) electrons. The second-order valence-corrected chi connectivity index (χ2v) is 9.83. The van der Waals surface area contributed by atoms with E-state index in [9.17, 15) is 23.9 Å². The number of hydrogen-bond donors (Lipinski definition) is 3. The Labute approximate surface area is 203 Å². The lowest BCUT2D eigenvalue weighted by Crippen LogP contribution is -2.51. The van der Waals surface area contributed by atoms with Crippen molar-refractivity contribution in [2.45, 2.75) is 64.2 Å². The molecular weight excluding hydrogens is 453 g/mol. The van der Waals surface area contributed by atoms with Crippen LogP contribution in [0, 0.1) is 11.7 Å². The van der Waals surface area contributed by atoms with Gasteiger partial charge in [-0.2, -0.15) is 0 Å². The van der Waals surface area contributed by atoms with Crippen LogP contribution in [0.25, 0.3) is 0 Å². The van der Waals surface area contributed by atoms with Crippen molar-refractivity contribution < 1.29 is 19.1 Å². The van der Waals surface area contributed by atoms with Crippen molar-refractivity contribution in [1.29, 1.82) is 0 Å². The Kier molecular flexibility index (Phi) is 6.93. The molecule has 0 atom stereocenters. The minimum atomic E-state index is -0.751. The van der Waals surface area contributed by atoms with Gasteiger partial charge in [-0.1, -0.05) is 12.1 Å². The summed E-state index contributed by atoms with van der Waals surface area (Å²) in [5.74, 6) is -1.21. The molecule has 1 fully saturated rings. The minimum absolute atomic E-state index is 0.0491. The number of amides is 2. The van der Waals surface area contributed by atoms with E-state index in [1.165, 1.54) is 28.8 Å². The maximum absolute atomic E-state index is 13.2. The van der Waals surface area contributed by atoms with Crippen LogP contribution in [0.5, 0.6) is 5.75 Å². The molecular formula is C25H32FN5O4. The number of nitrogens with zero attached hydrogens (tertiary/aromatic N) is 3. The maximum atomic E-state index is 13.2. The van der Waals surface area contributed by atoms with Gasteiger partial charge in [0, 0.05) is 26.2 Å². The third-order valence-electron chi connectivity index (χ3n) is 7.30. The predicted octanol–water partition coefficient (Wildman–Crippen LogP) is 1.87. The van der Waals surface area contributed by atoms with Crippen LogP contribution in [0.15, 0.2) is 29.1 Å². The topological polar surface area (TPSA) is 117 Å². The van der Waals surface area contributed by atoms with Gasteiger partial charge in [0.25, 0.3) is 11.5 Å². The molecule has 3 heterocycles. The molecule has 5 rings (SSSR count). The number of aromatic nitrogens is 2. The fourth-order valence-electron chi connectivity index (χ4n) is 4.85. The summed E-state index contributed by atoms with van der Waals surface area (Å²) in [6, 6.07) is 5.70. The number of benzene rings is 1. The Balaban J connectivity index is 1.64. The van der Waals surface area contributed by atoms with Gasteiger partial charge in [-0.05, 0) is 63.1 Å². The van der Waals surface area contributed by atoms with Gasteiger partial charge in [0.15, 0.2) is 5.69 Å². The van der Waals surface area contributed by atoms with Crippen LogP contribution >= 0.6 is 0 Å². The van der Waals surface area contributed by atoms with Crippen molar-refractivity contribution in [2.24, 2.45) is 5.92 Å². The summed E-state index contributed by atoms with van der Waals surface area (Å²) in [5, 5.41) is 16.6. The lowest BCUT2D eigenvalue weighted by molar-refractivity contribution is -0.130. The molecule has 35 heavy (non-hydrogen) atoms. The van der Waals surface area contributed by atoms with Gasteiger partial charge in [0.1, 0.15) is 11.6 Å². The van der Waals surface area contributed by atoms with Crippen molar-refractivity contribution in [3.05, 3.63) is 57.5 Å². The zero-order valence-corrected chi connectivity index (χ0v) is 20.3. The van der Waals surface area contributed by atoms with Crippen molar-refractivity contribution >= 4 is 11.8 Å². The summed E-state index contributed by atoms with van der Waals surface area (Å²) in [7, 11) is 1.74. The average Bonchev–Trinajstić information content (AvgIpc) is 3.10. The molecule has 9 nitrogen and oxygen atoms in total. The molecule has 1 aromatic heterocycles. The van der Waals surface area contributed by atoms with Gasteiger partial charge in [-0.25, -0.2) is 9.37 Å². The Morgan fingerprint density at radius 2 is 1.91 bits per heavy atom. The highest BCUT2D eigenvalue weighted by Gasteiger charge is 2.45. The van der Waals surface area contributed by atoms with E-state index in [1.54, 1.807) is 11.9 Å². The molecule has 1 aromatic carbocycles. The van der Waals surface area contributed by atoms with Crippen LogP contribution in [0.2, 0.25) is 0 Å². The molecule has 2 aromatic rings. The quantitative estimate of drug-likeness (QED) is 0.551. The first-order valence-corrected chi connectivity index (χ1v) is 12.0. The zero-order valence-electron chi connectivity index (χ0n) is 20.3. The molecule has 0 spiro atoms. The number of fused-ring (bicyclic) bond motifs is 2. The van der Waals surface area contributed by atoms with E-state index in [0.717, 1.165) is 12.8 Å². The summed E-state index contributed by atoms with van der Waals surface area (Å²) < 4.78 is 14.6. The molecule has 1 aliphatic carbocycles. The second kappa shape index (κ2) is 9.77. The molecule has 2 bridgehead atoms. The van der Waals surface area contributed by atoms with E-state index in [1.807, 2.05) is 13.8 Å². The largest absolute Gasteiger partial charge is 0.501 e. The molecule has 2 amide bonds. The summed E-state index contributed by atoms with van der Waals surface area (Å²) in [6.07, 6.45) is 3.03. The van der Waals surface area contributed by atoms with Crippen LogP contribution in [0.3, 0.4) is 0 Å². The lowest BCUT2D eigenvalue weighted by Gasteiger charge is -2.37. The standard InChI is InChI=1S/C25H32FN5O4/c1-15(2)30(3)19(32)13-28-25-10-8-17(9-11-25)14-31-23(35)21(33)20(29-24(25)31)22(34)27-12-16-4-6-18(26)7-5-16/h4-7,15,17,28,33H,8-14H2,1-3H3,(H,27,34). The van der Waals surface area contributed by atoms with Crippen LogP contribution in [0.1, 0.15) is 61.4 Å². The SMILES string of the molecule is CC(C)N(C)C(=O)CNC12CCC(CC1)Cn1c2nc(C(=O)NCc2ccc(F)cc2)c(O)c1=O. The number of rotatable bonds is 7. The number of nitrogens with one attached hydrogen (secondary N) is 2. The molecule has 3 aliphatic rings. The van der Waals surface area contributed by atoms with Crippen molar-refractivity contribution in [3.63, 3.8) is 0 Å². The van der Waals surface area contributed by atoms with Gasteiger partial charge < -0.3 is 15.3 Å². The molecule has 10 heteroatoms. The number of hydrogen-bond acceptors (Lipinski definition) is 6. The summed E-state index contributed by atoms with van der Waals surface area (Å²) >= 11 is 0. The fraction of sp³-hybridized carbons (Fsp3) is 0.520. The highest BCUT2D eigenvalue weighted by molar-refractivity contribution is 5.94. The van der Waals surface area contributed by atoms with Gasteiger partial charge >= 0.3 is 0 Å². The number of aromatic hydroxyl groups is 1. The van der Waals surface area contributed by atoms with E-state index < -0.39 is 22.8 Å². The summed E-state index contributed by atoms with van der Waals surface area (Å²) in [4.78, 5) is 44.9. The fourth-order valence-corrected chi connectivity index (χ4v) is 4.85. The van der Waals surface area contributed by atoms with Gasteiger partial charge in [0.2, 0.25) is 11.7 Å². The Hall–Kier alpha value is -3.27. The molecule has 188 valence electrons. The van der Waals surface area contributed by atoms with Crippen molar-refractivity contribution in [2.75, 3.05) is 13.6 Å². The third kappa shape index (κ3) is 4.93. The monoisotopic (exact) mass is 485 g/mol. The predicted molar refractivity (Wildman–Crippen MR) is 127 cm³/mol. The first-order chi connectivity index (χ1) is 16.6. The van der Waals surface area contributed by atoms with E-state index in [-0.39, 0.29) is 42.5 Å². The smallest absolute Gasteiger partial charge is 0.296 e. The van der Waals surface area contributed by atoms with Gasteiger partial charge in [-0.15, -0.1) is 0 Å². The first kappa shape index (κ1) is 24.8. The number of carbonyl (C=O) groups excluding carboxylic acids is 2. The summed E-state index contributed by atoms with van der Waals surface area (Å²) in [5.41, 5.74) is -1.09. The number of carbonyl (C=O) groups is 2. The molecule has 2 aliphatic heterocycles. The minimum Gasteiger partial charge on any atom is -0.501 e. The molecule has 3 N–H and O–H groups in total. The first-order valence-electron chi connectivity index (χ1n) is 12.0. The Morgan fingerprint density at radius 1 is 1.26 bits per heavy atom. The van der Waals surface area contributed by atoms with Crippen molar-refractivity contribution in [1.82, 2.24) is 25.1 Å². The van der Waals surface area contributed by atoms with E-state index >= 15 is 0 Å². The molecule has 0 unspecified atom stereocenters. The van der Waals surface area contributed by atoms with Gasteiger partial charge in [0.05, 0.1) is 12.1 Å². The van der Waals surface area contributed by atoms with Crippen molar-refractivity contribution in [3.8, 4) is 5.75 Å². The molecule has 0 saturated heterocycles. The molecule has 1 saturated carbocycles. The van der Waals surface area contributed by atoms with E-state index in [0.29, 0.717) is 30.8 Å². The third-order valence-corrected chi connectivity index (χ3v) is 7.30. The zero-order chi connectivity index (χ0) is 25.3. The number of likely N-dealkylation sites (N-methyl/N-ethyl adjacent to an activating group) is 1. The van der Waals surface area contributed by atoms with Crippen LogP contribution in [-0.4, -0.2) is 51.0 Å². The number of halogens is 1. The maximum Gasteiger partial charge on any atom is 0.296 e. The Morgan fingerprint density at radius 3 is 2.54 bits per heavy atom. The van der Waals surface area contributed by atoms with E-state index in [4.69, 9.17) is 0 Å². The average molecular weight is 486 g/mol. The normalized spacial score (nSPS) is 20.9. The highest BCUT2D eigenvalue weighted by atomic mass is 19.1. The van der Waals surface area contributed by atoms with Gasteiger partial charge in [-0.3, -0.25) is 24.3 Å². The van der Waals surface area contributed by atoms with Crippen LogP contribution < -0.4 is 16.2 Å². The Bertz CT molecular complexity index is 1170. The summed E-state index contributed by atoms with van der Waals surface area (Å²) in [6.45, 7) is 4.43. The second-order valence-electron chi connectivity index (χ2n) is 9.83. The lowest BCUT2D eigenvalue weighted by atomic mass is 9.77. The van der Waals surface area contributed by atoms with E-state index in [2.05, 4.69) is 15.6 Å².